The molecule has 0 radical (unpaired) electrons. The molecule has 6 heteroatoms. The molecule has 1 rings (SSSR count). The third kappa shape index (κ3) is 6.18. The molecule has 0 fully saturated rings. The lowest BCUT2D eigenvalue weighted by Crippen LogP contribution is -2.45. The summed E-state index contributed by atoms with van der Waals surface area (Å²) >= 11 is 0. The molecule has 1 aromatic rings. The number of hydrogen-bond donors (Lipinski definition) is 0. The van der Waals surface area contributed by atoms with Gasteiger partial charge in [-0.3, -0.25) is 0 Å². The highest BCUT2D eigenvalue weighted by molar-refractivity contribution is 6.74. The maximum absolute atomic E-state index is 12.3. The van der Waals surface area contributed by atoms with Crippen LogP contribution in [0.15, 0.2) is 29.4 Å². The van der Waals surface area contributed by atoms with Gasteiger partial charge in [0.1, 0.15) is 18.4 Å². The van der Waals surface area contributed by atoms with E-state index in [2.05, 4.69) is 44.9 Å². The van der Waals surface area contributed by atoms with Crippen molar-refractivity contribution >= 4 is 14.0 Å². The van der Waals surface area contributed by atoms with Crippen molar-refractivity contribution in [1.29, 1.82) is 0 Å². The maximum atomic E-state index is 12.3. The predicted molar refractivity (Wildman–Crippen MR) is 104 cm³/mol. The van der Waals surface area contributed by atoms with Gasteiger partial charge >= 0.3 is 0 Å². The average Bonchev–Trinajstić information content (AvgIpc) is 2.51. The first kappa shape index (κ1) is 21.2. The average molecular weight is 363 g/mol. The zero-order valence-electron chi connectivity index (χ0n) is 16.4. The fourth-order valence-corrected chi connectivity index (χ4v) is 3.34. The summed E-state index contributed by atoms with van der Waals surface area (Å²) in [6.07, 6.45) is 5.02. The Morgan fingerprint density at radius 1 is 1.24 bits per heavy atom. The van der Waals surface area contributed by atoms with Crippen LogP contribution in [-0.2, 0) is 4.43 Å². The summed E-state index contributed by atoms with van der Waals surface area (Å²) < 4.78 is 11.6. The first-order valence-corrected chi connectivity index (χ1v) is 11.4. The van der Waals surface area contributed by atoms with Gasteiger partial charge < -0.3 is 14.4 Å². The lowest BCUT2D eigenvalue weighted by atomic mass is 10.2. The van der Waals surface area contributed by atoms with E-state index in [0.29, 0.717) is 16.3 Å². The molecule has 0 aliphatic heterocycles. The third-order valence-electron chi connectivity index (χ3n) is 4.63. The monoisotopic (exact) mass is 362 g/mol. The molecule has 0 aliphatic carbocycles. The van der Waals surface area contributed by atoms with E-state index in [1.165, 1.54) is 0 Å². The summed E-state index contributed by atoms with van der Waals surface area (Å²) in [5.41, 5.74) is 0.444. The van der Waals surface area contributed by atoms with E-state index in [0.717, 1.165) is 0 Å². The van der Waals surface area contributed by atoms with E-state index in [9.17, 15) is 5.21 Å². The smallest absolute Gasteiger partial charge is 0.244 e. The van der Waals surface area contributed by atoms with Crippen molar-refractivity contribution in [2.75, 3.05) is 6.61 Å². The molecule has 138 valence electrons. The number of azo groups is 1. The second kappa shape index (κ2) is 8.50. The molecule has 0 amide bonds. The zero-order valence-corrected chi connectivity index (χ0v) is 17.4. The largest absolute Gasteiger partial charge is 0.594 e. The van der Waals surface area contributed by atoms with Crippen LogP contribution in [0.4, 0.5) is 5.69 Å². The Morgan fingerprint density at radius 2 is 1.80 bits per heavy atom. The summed E-state index contributed by atoms with van der Waals surface area (Å²) in [7, 11) is -1.89. The second-order valence-corrected chi connectivity index (χ2v) is 12.5. The quantitative estimate of drug-likeness (QED) is 0.223. The number of ether oxygens (including phenoxy) is 1. The highest BCUT2D eigenvalue weighted by Crippen LogP contribution is 2.37. The highest BCUT2D eigenvalue weighted by Gasteiger charge is 2.39. The number of hydrogen-bond acceptors (Lipinski definition) is 4. The molecule has 5 nitrogen and oxygen atoms in total. The van der Waals surface area contributed by atoms with Crippen molar-refractivity contribution in [3.8, 4) is 18.1 Å². The molecule has 0 heterocycles. The van der Waals surface area contributed by atoms with Crippen LogP contribution in [0.3, 0.4) is 0 Å². The molecule has 0 spiro atoms. The normalized spacial score (nSPS) is 15.4. The molecule has 2 atom stereocenters. The fourth-order valence-electron chi connectivity index (χ4n) is 1.86. The Balaban J connectivity index is 2.79. The van der Waals surface area contributed by atoms with Gasteiger partial charge in [-0.15, -0.1) is 6.42 Å². The summed E-state index contributed by atoms with van der Waals surface area (Å²) in [4.78, 5) is 0.640. The van der Waals surface area contributed by atoms with Crippen LogP contribution >= 0.6 is 0 Å². The summed E-state index contributed by atoms with van der Waals surface area (Å²) in [6.45, 7) is 15.0. The molecular weight excluding hydrogens is 332 g/mol. The van der Waals surface area contributed by atoms with Crippen LogP contribution in [0.2, 0.25) is 18.1 Å². The van der Waals surface area contributed by atoms with Gasteiger partial charge in [0, 0.05) is 12.1 Å². The van der Waals surface area contributed by atoms with E-state index in [-0.39, 0.29) is 23.8 Å². The van der Waals surface area contributed by atoms with E-state index in [4.69, 9.17) is 15.6 Å². The van der Waals surface area contributed by atoms with Crippen molar-refractivity contribution in [2.45, 2.75) is 64.9 Å². The summed E-state index contributed by atoms with van der Waals surface area (Å²) in [5, 5.41) is 16.6. The number of terminal acetylenes is 1. The zero-order chi connectivity index (χ0) is 19.3. The van der Waals surface area contributed by atoms with E-state index in [1.807, 2.05) is 13.8 Å². The maximum Gasteiger partial charge on any atom is 0.244 e. The van der Waals surface area contributed by atoms with Gasteiger partial charge in [0.15, 0.2) is 8.32 Å². The van der Waals surface area contributed by atoms with Crippen molar-refractivity contribution in [3.05, 3.63) is 29.5 Å². The Morgan fingerprint density at radius 3 is 2.28 bits per heavy atom. The number of nitrogens with zero attached hydrogens (tertiary/aromatic N) is 2. The lowest BCUT2D eigenvalue weighted by molar-refractivity contribution is -0.447. The van der Waals surface area contributed by atoms with Gasteiger partial charge in [0.05, 0.1) is 6.10 Å². The van der Waals surface area contributed by atoms with Gasteiger partial charge in [-0.1, -0.05) is 31.6 Å². The van der Waals surface area contributed by atoms with Crippen LogP contribution in [-0.4, -0.2) is 31.9 Å². The molecule has 0 saturated carbocycles. The topological polar surface area (TPSA) is 56.9 Å². The first-order valence-electron chi connectivity index (χ1n) is 8.50. The Bertz CT molecular complexity index is 628. The molecule has 0 aliphatic rings. The predicted octanol–water partition coefficient (Wildman–Crippen LogP) is 5.09. The minimum atomic E-state index is -1.89. The van der Waals surface area contributed by atoms with Gasteiger partial charge in [-0.2, -0.15) is 0 Å². The fraction of sp³-hybridized carbons (Fsp3) is 0.579. The van der Waals surface area contributed by atoms with Gasteiger partial charge in [0.2, 0.25) is 5.69 Å². The van der Waals surface area contributed by atoms with Crippen LogP contribution in [0.25, 0.3) is 0 Å². The highest BCUT2D eigenvalue weighted by atomic mass is 28.4. The van der Waals surface area contributed by atoms with E-state index >= 15 is 0 Å². The summed E-state index contributed by atoms with van der Waals surface area (Å²) in [5.74, 6) is 3.02. The minimum Gasteiger partial charge on any atom is -0.594 e. The molecule has 1 aromatic carbocycles. The second-order valence-electron chi connectivity index (χ2n) is 7.70. The van der Waals surface area contributed by atoms with Gasteiger partial charge in [0.25, 0.3) is 0 Å². The minimum absolute atomic E-state index is 0.117. The van der Waals surface area contributed by atoms with E-state index in [1.54, 1.807) is 24.3 Å². The van der Waals surface area contributed by atoms with Gasteiger partial charge in [-0.05, 0) is 49.2 Å². The van der Waals surface area contributed by atoms with Crippen molar-refractivity contribution in [3.63, 3.8) is 0 Å². The molecule has 0 saturated heterocycles. The van der Waals surface area contributed by atoms with Crippen molar-refractivity contribution in [1.82, 2.24) is 0 Å². The number of rotatable bonds is 7. The van der Waals surface area contributed by atoms with E-state index < -0.39 is 8.32 Å². The Kier molecular flexibility index (Phi) is 7.21. The van der Waals surface area contributed by atoms with Crippen LogP contribution in [0.5, 0.6) is 5.75 Å². The SMILES string of the molecule is C#CCOc1ccc([N+]([O-])=N[C@@H](C)[C@@H](C)O[Si](C)(C)C(C)(C)C)cc1. The molecule has 25 heavy (non-hydrogen) atoms. The number of benzene rings is 1. The van der Waals surface area contributed by atoms with Crippen LogP contribution in [0.1, 0.15) is 34.6 Å². The van der Waals surface area contributed by atoms with Crippen molar-refractivity contribution in [2.24, 2.45) is 5.11 Å². The van der Waals surface area contributed by atoms with Crippen LogP contribution < -0.4 is 4.74 Å². The van der Waals surface area contributed by atoms with Crippen LogP contribution in [0, 0.1) is 17.6 Å². The molecular formula is C19H30N2O3Si. The standard InChI is InChI=1S/C19H30N2O3Si/c1-9-14-23-18-12-10-17(11-13-18)21(22)20-15(2)16(3)24-25(7,8)19(4,5)6/h1,10-13,15-16H,14H2,2-8H3/t15-,16+/m0/s1. The Labute approximate surface area is 152 Å². The third-order valence-corrected chi connectivity index (χ3v) is 9.21. The lowest BCUT2D eigenvalue weighted by Gasteiger charge is -2.38. The molecule has 0 N–H and O–H groups in total. The van der Waals surface area contributed by atoms with Gasteiger partial charge in [-0.25, -0.2) is 0 Å². The molecule has 0 unspecified atom stereocenters. The summed E-state index contributed by atoms with van der Waals surface area (Å²) in [6, 6.07) is 6.48. The molecule has 0 aromatic heterocycles. The van der Waals surface area contributed by atoms with Crippen molar-refractivity contribution < 1.29 is 14.0 Å². The first-order chi connectivity index (χ1) is 11.5. The Hall–Kier alpha value is -1.84. The molecule has 0 bridgehead atoms.